The second-order valence-corrected chi connectivity index (χ2v) is 6.52. The number of hydrogen-bond acceptors (Lipinski definition) is 4. The van der Waals surface area contributed by atoms with Crippen LogP contribution in [0.25, 0.3) is 0 Å². The van der Waals surface area contributed by atoms with Gasteiger partial charge in [0.2, 0.25) is 0 Å². The van der Waals surface area contributed by atoms with Crippen molar-refractivity contribution in [2.45, 2.75) is 6.92 Å². The first kappa shape index (κ1) is 18.6. The van der Waals surface area contributed by atoms with Crippen LogP contribution >= 0.6 is 39.1 Å². The minimum atomic E-state index is -0.443. The lowest BCUT2D eigenvalue weighted by Crippen LogP contribution is -2.25. The number of rotatable bonds is 5. The van der Waals surface area contributed by atoms with Crippen molar-refractivity contribution in [1.29, 1.82) is 0 Å². The molecule has 126 valence electrons. The molecule has 0 fully saturated rings. The first-order valence-electron chi connectivity index (χ1n) is 6.76. The summed E-state index contributed by atoms with van der Waals surface area (Å²) < 4.78 is 6.20. The number of carbonyl (C=O) groups is 1. The monoisotopic (exact) mass is 430 g/mol. The van der Waals surface area contributed by atoms with Crippen molar-refractivity contribution in [3.05, 3.63) is 56.5 Å². The molecule has 2 rings (SSSR count). The fourth-order valence-electron chi connectivity index (χ4n) is 1.79. The number of benzene rings is 2. The number of aromatic hydroxyl groups is 1. The molecule has 0 aliphatic heterocycles. The van der Waals surface area contributed by atoms with Crippen molar-refractivity contribution in [3.8, 4) is 11.5 Å². The molecule has 0 bridgehead atoms. The molecule has 0 aromatic heterocycles. The Morgan fingerprint density at radius 1 is 1.33 bits per heavy atom. The summed E-state index contributed by atoms with van der Waals surface area (Å²) in [5.74, 6) is -0.0385. The van der Waals surface area contributed by atoms with Gasteiger partial charge in [-0.05, 0) is 37.3 Å². The van der Waals surface area contributed by atoms with Crippen LogP contribution in [0.4, 0.5) is 0 Å². The quantitative estimate of drug-likeness (QED) is 0.545. The molecule has 24 heavy (non-hydrogen) atoms. The molecule has 0 heterocycles. The van der Waals surface area contributed by atoms with Gasteiger partial charge in [-0.25, -0.2) is 5.43 Å². The number of carbonyl (C=O) groups excluding carboxylic acids is 1. The molecule has 5 nitrogen and oxygen atoms in total. The number of nitrogens with zero attached hydrogens (tertiary/aromatic N) is 1. The van der Waals surface area contributed by atoms with Crippen molar-refractivity contribution in [1.82, 2.24) is 5.43 Å². The lowest BCUT2D eigenvalue weighted by atomic mass is 10.1. The van der Waals surface area contributed by atoms with Crippen molar-refractivity contribution in [3.63, 3.8) is 0 Å². The van der Waals surface area contributed by atoms with E-state index in [4.69, 9.17) is 27.9 Å². The number of phenols is 1. The van der Waals surface area contributed by atoms with E-state index < -0.39 is 5.91 Å². The van der Waals surface area contributed by atoms with Crippen LogP contribution in [-0.2, 0) is 4.79 Å². The number of halogens is 3. The standard InChI is InChI=1S/C16H13BrCl2N2O3/c1-9(13-6-11(18)7-14(19)16(13)23)20-21-15(22)8-24-12-4-2-3-10(17)5-12/h2-7,23H,8H2,1H3,(H,21,22)/b20-9+. The first-order valence-corrected chi connectivity index (χ1v) is 8.31. The normalized spacial score (nSPS) is 11.2. The van der Waals surface area contributed by atoms with Crippen LogP contribution in [0.15, 0.2) is 46.0 Å². The predicted octanol–water partition coefficient (Wildman–Crippen LogP) is 4.38. The van der Waals surface area contributed by atoms with Gasteiger partial charge >= 0.3 is 0 Å². The van der Waals surface area contributed by atoms with Gasteiger partial charge in [-0.2, -0.15) is 5.10 Å². The third-order valence-corrected chi connectivity index (χ3v) is 3.93. The number of phenolic OH excluding ortho intramolecular Hbond substituents is 1. The van der Waals surface area contributed by atoms with Crippen LogP contribution in [0.5, 0.6) is 11.5 Å². The zero-order valence-corrected chi connectivity index (χ0v) is 15.6. The van der Waals surface area contributed by atoms with Crippen molar-refractivity contribution in [2.24, 2.45) is 5.10 Å². The second kappa shape index (κ2) is 8.37. The molecule has 2 aromatic rings. The van der Waals surface area contributed by atoms with E-state index in [2.05, 4.69) is 26.5 Å². The summed E-state index contributed by atoms with van der Waals surface area (Å²) in [5.41, 5.74) is 3.04. The maximum atomic E-state index is 11.8. The minimum absolute atomic E-state index is 0.108. The van der Waals surface area contributed by atoms with Gasteiger partial charge in [-0.1, -0.05) is 45.2 Å². The molecule has 2 N–H and O–H groups in total. The Kier molecular flexibility index (Phi) is 6.48. The Hall–Kier alpha value is -1.76. The SMILES string of the molecule is C/C(=N\NC(=O)COc1cccc(Br)c1)c1cc(Cl)cc(Cl)c1O. The third-order valence-electron chi connectivity index (χ3n) is 2.93. The first-order chi connectivity index (χ1) is 11.4. The molecule has 0 radical (unpaired) electrons. The van der Waals surface area contributed by atoms with Gasteiger partial charge in [-0.3, -0.25) is 4.79 Å². The van der Waals surface area contributed by atoms with Crippen molar-refractivity contribution < 1.29 is 14.6 Å². The van der Waals surface area contributed by atoms with Gasteiger partial charge in [0.05, 0.1) is 10.7 Å². The van der Waals surface area contributed by atoms with E-state index in [1.807, 2.05) is 6.07 Å². The molecule has 0 aliphatic rings. The van der Waals surface area contributed by atoms with Crippen LogP contribution in [0, 0.1) is 0 Å². The number of nitrogens with one attached hydrogen (secondary N) is 1. The lowest BCUT2D eigenvalue weighted by molar-refractivity contribution is -0.123. The number of ether oxygens (including phenoxy) is 1. The molecule has 2 aromatic carbocycles. The molecule has 0 spiro atoms. The van der Waals surface area contributed by atoms with E-state index in [0.717, 1.165) is 4.47 Å². The van der Waals surface area contributed by atoms with Crippen LogP contribution < -0.4 is 10.2 Å². The summed E-state index contributed by atoms with van der Waals surface area (Å²) >= 11 is 15.1. The zero-order chi connectivity index (χ0) is 17.7. The Labute approximate surface area is 157 Å². The van der Waals surface area contributed by atoms with Crippen LogP contribution in [0.2, 0.25) is 10.0 Å². The summed E-state index contributed by atoms with van der Waals surface area (Å²) in [7, 11) is 0. The molecule has 0 aliphatic carbocycles. The molecule has 0 atom stereocenters. The van der Waals surface area contributed by atoms with Crippen LogP contribution in [0.1, 0.15) is 12.5 Å². The van der Waals surface area contributed by atoms with Gasteiger partial charge in [0.1, 0.15) is 11.5 Å². The molecule has 8 heteroatoms. The Bertz CT molecular complexity index is 797. The molecule has 0 saturated heterocycles. The summed E-state index contributed by atoms with van der Waals surface area (Å²) in [5, 5.41) is 14.3. The van der Waals surface area contributed by atoms with Crippen LogP contribution in [0.3, 0.4) is 0 Å². The highest BCUT2D eigenvalue weighted by molar-refractivity contribution is 9.10. The largest absolute Gasteiger partial charge is 0.506 e. The summed E-state index contributed by atoms with van der Waals surface area (Å²) in [6.07, 6.45) is 0. The van der Waals surface area contributed by atoms with Crippen LogP contribution in [-0.4, -0.2) is 23.3 Å². The smallest absolute Gasteiger partial charge is 0.277 e. The topological polar surface area (TPSA) is 70.9 Å². The fraction of sp³-hybridized carbons (Fsp3) is 0.125. The van der Waals surface area contributed by atoms with Gasteiger partial charge in [0.25, 0.3) is 5.91 Å². The van der Waals surface area contributed by atoms with Crippen molar-refractivity contribution in [2.75, 3.05) is 6.61 Å². The molecule has 0 unspecified atom stereocenters. The van der Waals surface area contributed by atoms with Gasteiger partial charge in [0, 0.05) is 15.1 Å². The summed E-state index contributed by atoms with van der Waals surface area (Å²) in [6.45, 7) is 1.41. The predicted molar refractivity (Wildman–Crippen MR) is 98.1 cm³/mol. The second-order valence-electron chi connectivity index (χ2n) is 4.76. The van der Waals surface area contributed by atoms with E-state index in [9.17, 15) is 9.90 Å². The molecular weight excluding hydrogens is 419 g/mol. The zero-order valence-electron chi connectivity index (χ0n) is 12.5. The maximum Gasteiger partial charge on any atom is 0.277 e. The average molecular weight is 432 g/mol. The van der Waals surface area contributed by atoms with Crippen molar-refractivity contribution >= 4 is 50.8 Å². The van der Waals surface area contributed by atoms with Gasteiger partial charge in [-0.15, -0.1) is 0 Å². The molecule has 0 saturated carbocycles. The van der Waals surface area contributed by atoms with E-state index in [1.165, 1.54) is 12.1 Å². The summed E-state index contributed by atoms with van der Waals surface area (Å²) in [4.78, 5) is 11.8. The van der Waals surface area contributed by atoms with E-state index in [-0.39, 0.29) is 17.4 Å². The Balaban J connectivity index is 1.98. The number of amides is 1. The lowest BCUT2D eigenvalue weighted by Gasteiger charge is -2.08. The Morgan fingerprint density at radius 3 is 2.79 bits per heavy atom. The van der Waals surface area contributed by atoms with Gasteiger partial charge in [0.15, 0.2) is 6.61 Å². The van der Waals surface area contributed by atoms with Gasteiger partial charge < -0.3 is 9.84 Å². The molecular formula is C16H13BrCl2N2O3. The molecule has 1 amide bonds. The van der Waals surface area contributed by atoms with E-state index in [1.54, 1.807) is 25.1 Å². The highest BCUT2D eigenvalue weighted by Gasteiger charge is 2.11. The third kappa shape index (κ3) is 5.12. The Morgan fingerprint density at radius 2 is 2.08 bits per heavy atom. The minimum Gasteiger partial charge on any atom is -0.506 e. The number of hydrogen-bond donors (Lipinski definition) is 2. The highest BCUT2D eigenvalue weighted by atomic mass is 79.9. The fourth-order valence-corrected chi connectivity index (χ4v) is 2.66. The van der Waals surface area contributed by atoms with E-state index in [0.29, 0.717) is 22.0 Å². The highest BCUT2D eigenvalue weighted by Crippen LogP contribution is 2.31. The van der Waals surface area contributed by atoms with E-state index >= 15 is 0 Å². The summed E-state index contributed by atoms with van der Waals surface area (Å²) in [6, 6.07) is 10.0. The number of hydrazone groups is 1. The maximum absolute atomic E-state index is 11.8. The average Bonchev–Trinajstić information content (AvgIpc) is 2.54.